The zero-order chi connectivity index (χ0) is 9.80. The molecule has 0 aliphatic carbocycles. The molecule has 0 bridgehead atoms. The lowest BCUT2D eigenvalue weighted by atomic mass is 10.1. The summed E-state index contributed by atoms with van der Waals surface area (Å²) < 4.78 is 10.6. The fourth-order valence-corrected chi connectivity index (χ4v) is 1.66. The van der Waals surface area contributed by atoms with Crippen LogP contribution in [0.4, 0.5) is 0 Å². The molecule has 2 aliphatic rings. The molecule has 14 heavy (non-hydrogen) atoms. The number of ketones is 1. The van der Waals surface area contributed by atoms with E-state index in [1.165, 1.54) is 0 Å². The molecule has 0 radical (unpaired) electrons. The van der Waals surface area contributed by atoms with Gasteiger partial charge in [0.1, 0.15) is 0 Å². The van der Waals surface area contributed by atoms with Crippen LogP contribution in [0.2, 0.25) is 0 Å². The van der Waals surface area contributed by atoms with Gasteiger partial charge in [-0.3, -0.25) is 4.79 Å². The molecule has 0 unspecified atom stereocenters. The van der Waals surface area contributed by atoms with Crippen molar-refractivity contribution in [3.63, 3.8) is 0 Å². The van der Waals surface area contributed by atoms with E-state index in [4.69, 9.17) is 9.47 Å². The molecule has 4 nitrogen and oxygen atoms in total. The quantitative estimate of drug-likeness (QED) is 0.703. The van der Waals surface area contributed by atoms with Gasteiger partial charge in [-0.05, 0) is 6.42 Å². The Labute approximate surface area is 83.3 Å². The van der Waals surface area contributed by atoms with Crippen molar-refractivity contribution in [2.45, 2.75) is 25.6 Å². The van der Waals surface area contributed by atoms with Crippen molar-refractivity contribution < 1.29 is 14.3 Å². The first kappa shape index (κ1) is 9.68. The number of nitrogens with one attached hydrogen (secondary N) is 1. The molecular weight excluding hydrogens is 182 g/mol. The van der Waals surface area contributed by atoms with E-state index in [2.05, 4.69) is 5.32 Å². The Morgan fingerprint density at radius 1 is 1.43 bits per heavy atom. The van der Waals surface area contributed by atoms with Gasteiger partial charge in [0.2, 0.25) is 0 Å². The number of ether oxygens (including phenoxy) is 2. The Bertz CT molecular complexity index is 244. The molecule has 2 heterocycles. The van der Waals surface area contributed by atoms with Crippen molar-refractivity contribution >= 4 is 5.78 Å². The fourth-order valence-electron chi connectivity index (χ4n) is 1.66. The maximum Gasteiger partial charge on any atom is 0.161 e. The lowest BCUT2D eigenvalue weighted by Gasteiger charge is -2.09. The molecule has 1 fully saturated rings. The van der Waals surface area contributed by atoms with Crippen LogP contribution in [0.1, 0.15) is 19.3 Å². The zero-order valence-electron chi connectivity index (χ0n) is 8.12. The molecule has 0 atom stereocenters. The Morgan fingerprint density at radius 3 is 3.00 bits per heavy atom. The van der Waals surface area contributed by atoms with Crippen LogP contribution in [0.5, 0.6) is 0 Å². The van der Waals surface area contributed by atoms with E-state index in [1.807, 2.05) is 0 Å². The minimum absolute atomic E-state index is 0.217. The fraction of sp³-hybridized carbons (Fsp3) is 0.700. The van der Waals surface area contributed by atoms with Gasteiger partial charge < -0.3 is 14.8 Å². The predicted octanol–water partition coefficient (Wildman–Crippen LogP) is 0.586. The van der Waals surface area contributed by atoms with Gasteiger partial charge >= 0.3 is 0 Å². The molecule has 78 valence electrons. The van der Waals surface area contributed by atoms with Gasteiger partial charge in [0.05, 0.1) is 13.2 Å². The summed E-state index contributed by atoms with van der Waals surface area (Å²) >= 11 is 0. The van der Waals surface area contributed by atoms with Crippen LogP contribution in [-0.2, 0) is 14.3 Å². The molecule has 1 N–H and O–H groups in total. The summed E-state index contributed by atoms with van der Waals surface area (Å²) in [6.45, 7) is 2.15. The summed E-state index contributed by atoms with van der Waals surface area (Å²) in [4.78, 5) is 11.6. The van der Waals surface area contributed by atoms with Gasteiger partial charge in [-0.1, -0.05) is 0 Å². The molecule has 0 saturated carbocycles. The summed E-state index contributed by atoms with van der Waals surface area (Å²) in [6, 6.07) is 0. The van der Waals surface area contributed by atoms with Crippen LogP contribution in [0.3, 0.4) is 0 Å². The second kappa shape index (κ2) is 4.57. The highest BCUT2D eigenvalue weighted by molar-refractivity contribution is 5.95. The summed E-state index contributed by atoms with van der Waals surface area (Å²) in [5.74, 6) is 0.217. The van der Waals surface area contributed by atoms with E-state index >= 15 is 0 Å². The number of Topliss-reactive ketones (excluding diaryl/α,β-unsaturated/α-hetero) is 1. The SMILES string of the molecule is O=C1CCCNC=C1CC1OCCO1. The molecule has 2 rings (SSSR count). The van der Waals surface area contributed by atoms with Crippen molar-refractivity contribution in [3.8, 4) is 0 Å². The van der Waals surface area contributed by atoms with Gasteiger partial charge in [-0.25, -0.2) is 0 Å². The molecule has 0 aromatic carbocycles. The van der Waals surface area contributed by atoms with Gasteiger partial charge in [0, 0.05) is 31.2 Å². The predicted molar refractivity (Wildman–Crippen MR) is 50.6 cm³/mol. The number of carbonyl (C=O) groups is 1. The third kappa shape index (κ3) is 2.33. The average molecular weight is 197 g/mol. The lowest BCUT2D eigenvalue weighted by Crippen LogP contribution is -2.14. The van der Waals surface area contributed by atoms with Crippen molar-refractivity contribution in [1.82, 2.24) is 5.32 Å². The molecule has 0 aromatic heterocycles. The van der Waals surface area contributed by atoms with E-state index in [0.717, 1.165) is 18.5 Å². The highest BCUT2D eigenvalue weighted by Crippen LogP contribution is 2.17. The largest absolute Gasteiger partial charge is 0.391 e. The molecular formula is C10H15NO3. The number of carbonyl (C=O) groups excluding carboxylic acids is 1. The second-order valence-corrected chi connectivity index (χ2v) is 3.53. The lowest BCUT2D eigenvalue weighted by molar-refractivity contribution is -0.116. The molecule has 0 aromatic rings. The maximum atomic E-state index is 11.6. The summed E-state index contributed by atoms with van der Waals surface area (Å²) in [5.41, 5.74) is 0.800. The van der Waals surface area contributed by atoms with Crippen molar-refractivity contribution in [2.75, 3.05) is 19.8 Å². The molecule has 2 aliphatic heterocycles. The van der Waals surface area contributed by atoms with Gasteiger partial charge in [0.25, 0.3) is 0 Å². The Kier molecular flexibility index (Phi) is 3.16. The van der Waals surface area contributed by atoms with E-state index < -0.39 is 0 Å². The highest BCUT2D eigenvalue weighted by Gasteiger charge is 2.21. The minimum atomic E-state index is -0.218. The molecule has 0 amide bonds. The molecule has 0 spiro atoms. The minimum Gasteiger partial charge on any atom is -0.391 e. The zero-order valence-corrected chi connectivity index (χ0v) is 8.12. The maximum absolute atomic E-state index is 11.6. The second-order valence-electron chi connectivity index (χ2n) is 3.53. The number of hydrogen-bond donors (Lipinski definition) is 1. The first-order valence-corrected chi connectivity index (χ1v) is 5.05. The molecule has 1 saturated heterocycles. The first-order valence-electron chi connectivity index (χ1n) is 5.05. The van der Waals surface area contributed by atoms with Crippen LogP contribution in [0.25, 0.3) is 0 Å². The Balaban J connectivity index is 1.93. The standard InChI is InChI=1S/C10H15NO3/c12-9-2-1-3-11-7-8(9)6-10-13-4-5-14-10/h7,10-11H,1-6H2. The third-order valence-electron chi connectivity index (χ3n) is 2.44. The summed E-state index contributed by atoms with van der Waals surface area (Å²) in [7, 11) is 0. The van der Waals surface area contributed by atoms with Crippen LogP contribution >= 0.6 is 0 Å². The monoisotopic (exact) mass is 197 g/mol. The van der Waals surface area contributed by atoms with Gasteiger partial charge in [-0.2, -0.15) is 0 Å². The van der Waals surface area contributed by atoms with Gasteiger partial charge in [0.15, 0.2) is 12.1 Å². The van der Waals surface area contributed by atoms with E-state index in [0.29, 0.717) is 26.1 Å². The van der Waals surface area contributed by atoms with Crippen LogP contribution in [0, 0.1) is 0 Å². The van der Waals surface area contributed by atoms with E-state index in [-0.39, 0.29) is 12.1 Å². The average Bonchev–Trinajstić information content (AvgIpc) is 2.60. The van der Waals surface area contributed by atoms with E-state index in [9.17, 15) is 4.79 Å². The Morgan fingerprint density at radius 2 is 2.21 bits per heavy atom. The van der Waals surface area contributed by atoms with E-state index in [1.54, 1.807) is 6.20 Å². The smallest absolute Gasteiger partial charge is 0.161 e. The summed E-state index contributed by atoms with van der Waals surface area (Å²) in [5, 5.41) is 3.11. The van der Waals surface area contributed by atoms with Crippen molar-refractivity contribution in [2.24, 2.45) is 0 Å². The van der Waals surface area contributed by atoms with Crippen molar-refractivity contribution in [3.05, 3.63) is 11.8 Å². The van der Waals surface area contributed by atoms with Crippen molar-refractivity contribution in [1.29, 1.82) is 0 Å². The molecule has 4 heteroatoms. The number of rotatable bonds is 2. The highest BCUT2D eigenvalue weighted by atomic mass is 16.7. The summed E-state index contributed by atoms with van der Waals surface area (Å²) in [6.07, 6.45) is 3.70. The van der Waals surface area contributed by atoms with Gasteiger partial charge in [-0.15, -0.1) is 0 Å². The first-order chi connectivity index (χ1) is 6.86. The van der Waals surface area contributed by atoms with Crippen LogP contribution in [-0.4, -0.2) is 31.8 Å². The Hall–Kier alpha value is -0.870. The topological polar surface area (TPSA) is 47.6 Å². The number of hydrogen-bond acceptors (Lipinski definition) is 4. The van der Waals surface area contributed by atoms with Crippen LogP contribution < -0.4 is 5.32 Å². The normalized spacial score (nSPS) is 24.3. The van der Waals surface area contributed by atoms with Crippen LogP contribution in [0.15, 0.2) is 11.8 Å². The third-order valence-corrected chi connectivity index (χ3v) is 2.44.